The van der Waals surface area contributed by atoms with Crippen LogP contribution in [0.1, 0.15) is 18.4 Å². The highest BCUT2D eigenvalue weighted by Crippen LogP contribution is 2.36. The van der Waals surface area contributed by atoms with Crippen molar-refractivity contribution in [3.05, 3.63) is 23.7 Å². The summed E-state index contributed by atoms with van der Waals surface area (Å²) in [5.41, 5.74) is 2.69. The van der Waals surface area contributed by atoms with Gasteiger partial charge >= 0.3 is 6.18 Å². The lowest BCUT2D eigenvalue weighted by Gasteiger charge is -2.24. The minimum absolute atomic E-state index is 0.266. The van der Waals surface area contributed by atoms with Crippen LogP contribution in [-0.2, 0) is 5.54 Å². The molecule has 0 aliphatic rings. The average molecular weight is 193 g/mol. The highest BCUT2D eigenvalue weighted by Gasteiger charge is 2.51. The summed E-state index contributed by atoms with van der Waals surface area (Å²) in [7, 11) is 0. The molecule has 0 spiro atoms. The van der Waals surface area contributed by atoms with Gasteiger partial charge < -0.3 is 10.2 Å². The molecule has 5 heteroatoms. The van der Waals surface area contributed by atoms with E-state index < -0.39 is 11.7 Å². The Morgan fingerprint density at radius 3 is 2.15 bits per heavy atom. The fraction of sp³-hybridized carbons (Fsp3) is 0.500. The second kappa shape index (κ2) is 2.77. The molecule has 0 aliphatic carbocycles. The van der Waals surface area contributed by atoms with Gasteiger partial charge in [0.15, 0.2) is 5.54 Å². The number of furan rings is 1. The monoisotopic (exact) mass is 193 g/mol. The van der Waals surface area contributed by atoms with Gasteiger partial charge in [0.2, 0.25) is 0 Å². The van der Waals surface area contributed by atoms with Crippen LogP contribution in [0.5, 0.6) is 0 Å². The second-order valence-electron chi connectivity index (χ2n) is 3.11. The summed E-state index contributed by atoms with van der Waals surface area (Å²) in [5.74, 6) is 0.147. The molecule has 13 heavy (non-hydrogen) atoms. The minimum atomic E-state index is -4.50. The van der Waals surface area contributed by atoms with Gasteiger partial charge in [0, 0.05) is 0 Å². The van der Waals surface area contributed by atoms with Gasteiger partial charge in [-0.3, -0.25) is 0 Å². The van der Waals surface area contributed by atoms with Gasteiger partial charge in [-0.1, -0.05) is 0 Å². The van der Waals surface area contributed by atoms with Crippen LogP contribution in [0.15, 0.2) is 16.5 Å². The molecule has 0 amide bonds. The Kier molecular flexibility index (Phi) is 2.15. The zero-order valence-electron chi connectivity index (χ0n) is 7.27. The lowest BCUT2D eigenvalue weighted by atomic mass is 10.0. The first-order chi connectivity index (χ1) is 5.75. The highest BCUT2D eigenvalue weighted by molar-refractivity contribution is 5.16. The summed E-state index contributed by atoms with van der Waals surface area (Å²) in [5, 5.41) is 0. The number of alkyl halides is 3. The maximum absolute atomic E-state index is 12.3. The standard InChI is InChI=1S/C8H10F3NO/c1-5-3-4-6(13-5)7(2,12)8(9,10)11/h3-4H,12H2,1-2H3/t7-/m0/s1. The van der Waals surface area contributed by atoms with E-state index in [0.29, 0.717) is 5.76 Å². The van der Waals surface area contributed by atoms with E-state index >= 15 is 0 Å². The van der Waals surface area contributed by atoms with Crippen LogP contribution in [-0.4, -0.2) is 6.18 Å². The van der Waals surface area contributed by atoms with Crippen molar-refractivity contribution in [2.24, 2.45) is 5.73 Å². The van der Waals surface area contributed by atoms with Gasteiger partial charge in [-0.05, 0) is 26.0 Å². The lowest BCUT2D eigenvalue weighted by Crippen LogP contribution is -2.47. The summed E-state index contributed by atoms with van der Waals surface area (Å²) < 4.78 is 41.9. The molecular weight excluding hydrogens is 183 g/mol. The number of hydrogen-bond donors (Lipinski definition) is 1. The van der Waals surface area contributed by atoms with Crippen molar-refractivity contribution in [1.29, 1.82) is 0 Å². The van der Waals surface area contributed by atoms with Crippen LogP contribution < -0.4 is 5.73 Å². The predicted molar refractivity (Wildman–Crippen MR) is 41.0 cm³/mol. The molecule has 1 rings (SSSR count). The Hall–Kier alpha value is -0.970. The van der Waals surface area contributed by atoms with Gasteiger partial charge in [0.05, 0.1) is 0 Å². The van der Waals surface area contributed by atoms with Crippen LogP contribution in [0.2, 0.25) is 0 Å². The van der Waals surface area contributed by atoms with Crippen molar-refractivity contribution in [2.75, 3.05) is 0 Å². The largest absolute Gasteiger partial charge is 0.464 e. The first-order valence-electron chi connectivity index (χ1n) is 3.67. The molecule has 0 aromatic carbocycles. The third-order valence-corrected chi connectivity index (χ3v) is 1.84. The van der Waals surface area contributed by atoms with E-state index in [2.05, 4.69) is 0 Å². The fourth-order valence-electron chi connectivity index (χ4n) is 0.853. The Morgan fingerprint density at radius 1 is 1.31 bits per heavy atom. The minimum Gasteiger partial charge on any atom is -0.464 e. The summed E-state index contributed by atoms with van der Waals surface area (Å²) in [6.45, 7) is 2.45. The predicted octanol–water partition coefficient (Wildman–Crippen LogP) is 2.32. The molecule has 2 N–H and O–H groups in total. The molecule has 0 aliphatic heterocycles. The van der Waals surface area contributed by atoms with Gasteiger partial charge in [-0.25, -0.2) is 0 Å². The van der Waals surface area contributed by atoms with Gasteiger partial charge in [-0.2, -0.15) is 13.2 Å². The topological polar surface area (TPSA) is 39.2 Å². The SMILES string of the molecule is Cc1ccc([C@](C)(N)C(F)(F)F)o1. The molecule has 0 bridgehead atoms. The van der Waals surface area contributed by atoms with E-state index in [1.54, 1.807) is 6.92 Å². The second-order valence-corrected chi connectivity index (χ2v) is 3.11. The van der Waals surface area contributed by atoms with E-state index in [1.165, 1.54) is 12.1 Å². The van der Waals surface area contributed by atoms with Crippen molar-refractivity contribution in [2.45, 2.75) is 25.6 Å². The van der Waals surface area contributed by atoms with Crippen LogP contribution in [0.4, 0.5) is 13.2 Å². The molecule has 0 radical (unpaired) electrons. The van der Waals surface area contributed by atoms with E-state index in [-0.39, 0.29) is 5.76 Å². The number of hydrogen-bond acceptors (Lipinski definition) is 2. The quantitative estimate of drug-likeness (QED) is 0.743. The maximum Gasteiger partial charge on any atom is 0.413 e. The molecule has 1 aromatic rings. The lowest BCUT2D eigenvalue weighted by molar-refractivity contribution is -0.188. The van der Waals surface area contributed by atoms with E-state index in [0.717, 1.165) is 6.92 Å². The summed E-state index contributed by atoms with van der Waals surface area (Å²) in [4.78, 5) is 0. The molecular formula is C8H10F3NO. The highest BCUT2D eigenvalue weighted by atomic mass is 19.4. The summed E-state index contributed by atoms with van der Waals surface area (Å²) in [6.07, 6.45) is -4.50. The van der Waals surface area contributed by atoms with Crippen LogP contribution in [0.25, 0.3) is 0 Å². The zero-order chi connectivity index (χ0) is 10.3. The van der Waals surface area contributed by atoms with Crippen molar-refractivity contribution in [3.63, 3.8) is 0 Å². The number of rotatable bonds is 1. The Bertz CT molecular complexity index is 301. The smallest absolute Gasteiger partial charge is 0.413 e. The van der Waals surface area contributed by atoms with Crippen molar-refractivity contribution < 1.29 is 17.6 Å². The molecule has 0 unspecified atom stereocenters. The van der Waals surface area contributed by atoms with Crippen LogP contribution in [0, 0.1) is 6.92 Å². The average Bonchev–Trinajstić information content (AvgIpc) is 2.33. The molecule has 1 aromatic heterocycles. The molecule has 74 valence electrons. The van der Waals surface area contributed by atoms with Crippen LogP contribution in [0.3, 0.4) is 0 Å². The number of aryl methyl sites for hydroxylation is 1. The zero-order valence-corrected chi connectivity index (χ0v) is 7.27. The third kappa shape index (κ3) is 1.70. The fourth-order valence-corrected chi connectivity index (χ4v) is 0.853. The van der Waals surface area contributed by atoms with Gasteiger partial charge in [-0.15, -0.1) is 0 Å². The first-order valence-corrected chi connectivity index (χ1v) is 3.67. The molecule has 0 saturated carbocycles. The van der Waals surface area contributed by atoms with Crippen molar-refractivity contribution >= 4 is 0 Å². The first kappa shape index (κ1) is 10.1. The van der Waals surface area contributed by atoms with E-state index in [1.807, 2.05) is 0 Å². The molecule has 1 atom stereocenters. The third-order valence-electron chi connectivity index (χ3n) is 1.84. The summed E-state index contributed by atoms with van der Waals surface area (Å²) >= 11 is 0. The summed E-state index contributed by atoms with van der Waals surface area (Å²) in [6, 6.07) is 2.69. The molecule has 2 nitrogen and oxygen atoms in total. The normalized spacial score (nSPS) is 17.1. The molecule has 0 saturated heterocycles. The number of halogens is 3. The number of nitrogens with two attached hydrogens (primary N) is 1. The van der Waals surface area contributed by atoms with E-state index in [4.69, 9.17) is 10.2 Å². The Labute approximate surface area is 73.5 Å². The van der Waals surface area contributed by atoms with Crippen molar-refractivity contribution in [3.8, 4) is 0 Å². The molecule has 0 fully saturated rings. The van der Waals surface area contributed by atoms with Crippen molar-refractivity contribution in [1.82, 2.24) is 0 Å². The van der Waals surface area contributed by atoms with Crippen LogP contribution >= 0.6 is 0 Å². The Balaban J connectivity index is 3.07. The van der Waals surface area contributed by atoms with Gasteiger partial charge in [0.1, 0.15) is 11.5 Å². The maximum atomic E-state index is 12.3. The Morgan fingerprint density at radius 2 is 1.85 bits per heavy atom. The molecule has 1 heterocycles. The van der Waals surface area contributed by atoms with Gasteiger partial charge in [0.25, 0.3) is 0 Å². The van der Waals surface area contributed by atoms with E-state index in [9.17, 15) is 13.2 Å².